The molecule has 0 heterocycles. The number of nitrogens with zero attached hydrogens (tertiary/aromatic N) is 2. The molecule has 0 amide bonds. The van der Waals surface area contributed by atoms with Gasteiger partial charge in [-0.15, -0.1) is 17.5 Å². The molecule has 1108 valence electrons. The van der Waals surface area contributed by atoms with Crippen molar-refractivity contribution >= 4 is 58.5 Å². The number of fused-ring (bicyclic) bond motifs is 6. The molecule has 0 aliphatic heterocycles. The molecule has 0 bridgehead atoms. The van der Waals surface area contributed by atoms with Gasteiger partial charge in [0.05, 0.1) is 41.6 Å². The maximum atomic E-state index is 12.3. The largest absolute Gasteiger partial charge is 0.395 e. The smallest absolute Gasteiger partial charge is 0.373 e. The van der Waals surface area contributed by atoms with E-state index in [9.17, 15) is 24.9 Å². The van der Waals surface area contributed by atoms with Crippen molar-refractivity contribution in [3.63, 3.8) is 0 Å². The summed E-state index contributed by atoms with van der Waals surface area (Å²) in [6, 6.07) is 2.00. The van der Waals surface area contributed by atoms with Crippen LogP contribution >= 0.6 is 0 Å². The van der Waals surface area contributed by atoms with Gasteiger partial charge in [0, 0.05) is 517 Å². The molecule has 20 heteroatoms. The van der Waals surface area contributed by atoms with Crippen molar-refractivity contribution in [2.45, 2.75) is 409 Å². The zero-order valence-corrected chi connectivity index (χ0v) is 96.9. The van der Waals surface area contributed by atoms with Crippen molar-refractivity contribution in [2.75, 3.05) is 26.4 Å². The SMILES string of the molecule is C#C[C@]12C=C(C#N)C(=O)C=C1[C@@](C)(CC)[C@H](C(C)C)CC2.C=C(C)[C@@H]1CC[C@@]2(CO)CCCC=C2[C@@]1(C)CC.CCC[C@]1(C)C2=CC(=O)CC[C@]2(C#C[Si](C)(C)C)CC[C@H]1C(C)C.CCC[C@]1(C)C2=CCCC[C@]2(C#C[Si](C)(C)C)CC[C@H]1C(C)C.CCC[C@]1(C)C2=CCCC[C@]2(CO)CC[C@H]1C(C)C.O=C=O.O=C=O.O=C=O.O=C=O.O=C=O.[2HH].[2HH].[2HH].[2H][2H].[2H][2H].[2H][2H].[2H][2H].[2H][2H].[2H][2H].[2H][2H].[2H][2H].[2H][2H].[2H][2H].[2H][2H].[2H][2H].[2H][2H].[2H][2H].[2H][2H].[2H][2H].[2H][2H].[2H][2H].[2H][2H].[2H][2H].[2H][2H].[2H][2H].[2H][2H].[2H][2H].[2H][2H].[2H][2H].[2H][2H].[2H][2H].[2H][2H].[2H][2H].[2H][2H].[2H][2H].[2H][2H].[2H][2H].[2H][2H].[2H][2H].[2H][2H].[2H][2H].[2H][2H].[2H][2H].[2H][2H].[2H][2H].[2H][2H].[2H][2H].[2H][2H].[2H][2H].[2H][2H].[2H][2H].[2H][2H].[2H][2H].[2H][2H].[2H][2H].[2H][2H].[2H][2H].[2H][2H].[2H][2H].[2H][2H].[2H][2H].[2H][2H].[2H][2H].[2H][2H].[2H][2H].[2H][2H].[2H][2H].[2H][2H].[2H][2H].[2H][2H].[2H][2H].[2H][2H].[2H][2H].[2H][2H].[2H][2H].[2H][2H].[2H][2H].[2H][2H].[2H][2H].[2H][2H].[2H][2H].[2H][2H].[2H][2H].[2H][2H].[2H][2H].[2H][2H].[2H][2H].[2H][2H].[2H][2H].[2H][2H].[2H][2H].[2H][2H].[2H][2H].[2H][2H].[2H][2H].[2H][2H].[2H][2H].[2H][2H].[2H][2H].[2H][2H].[2H][2H].[2H][2H].[2H][2H].[2H][2H].[2H][2H].[2H][2H].[2H][2H].[2H][2H].[2H][2H].[2H][2H].[2H][2H].[2H][2H].[2H][2H].[2H][2H].[2H][2H].[2H][2H].[2H][2H].[2H][2H].[2H][2H].[2H][2H].[2H][2H].[2H][2H].[2H][2H].[2H][2H].[2H][2H].[2H][2H].[2H][2H].[2H][2H].[2H][2H].[2H][2H].[2H][2H].[2H][2H].[2H][2H].[2H][2H].[2H][2H].[2H][2H].[2H][2H].[2H][2H].[2H][2H].[2H][2H].[2H][2H].[2H][2H].[2H][2H].[2H][2H].[2H][2H].[2H][2H].[2H][2H].[2H][2H].[2H][2H].[2H][2H].[2H][2H].[2H][2H].[2H][2H].[2H][2H].[2H][2H].[2H][2H].[2H][2H].[C-]#[N+]CC[C@]1(C)C2=CCCC[C@]2(CO)CC[C@H]1C(=C)C.[CH3-].[Pd]. The van der Waals surface area contributed by atoms with Crippen LogP contribution in [-0.4, -0.2) is 100 Å². The van der Waals surface area contributed by atoms with Gasteiger partial charge in [-0.25, -0.2) is 6.57 Å². The Morgan fingerprint density at radius 2 is 0.782 bits per heavy atom. The normalized spacial score (nSPS) is 40.9. The molecule has 17 nitrogen and oxygen atoms in total. The minimum atomic E-state index is -1.42. The Morgan fingerprint density at radius 3 is 1.12 bits per heavy atom. The molecule has 12 aliphatic rings. The van der Waals surface area contributed by atoms with Gasteiger partial charge >= 0.3 is 30.8 Å². The van der Waals surface area contributed by atoms with Crippen LogP contribution in [0.2, 0.25) is 39.3 Å². The van der Waals surface area contributed by atoms with Gasteiger partial charge in [0.25, 0.3) is 0 Å². The van der Waals surface area contributed by atoms with Crippen LogP contribution in [0.5, 0.6) is 0 Å². The topological polar surface area (TPSA) is 294 Å². The summed E-state index contributed by atoms with van der Waals surface area (Å²) in [5.41, 5.74) is 19.8. The third kappa shape index (κ3) is 32.3. The molecule has 0 aromatic carbocycles. The molecule has 12 rings (SSSR count). The van der Waals surface area contributed by atoms with Gasteiger partial charge < -0.3 is 27.6 Å². The van der Waals surface area contributed by atoms with Crippen molar-refractivity contribution in [2.24, 2.45) is 124 Å². The quantitative estimate of drug-likeness (QED) is 0.0469. The van der Waals surface area contributed by atoms with Crippen LogP contribution in [0.1, 0.15) is 832 Å². The standard InChI is InChI=1S/C22H36OSi.C22H38Si.C19H23NO.C18H27NO.C18H32O.C17H28O.5CO2.CH3.Pd.157H2/c1-8-11-21(4)19(17(2)3)10-13-22(14-15-24(5,6)7)12-9-18(23)16-20(21)22;1-8-13-21(4)19(18(2)3)12-15-22(16-17-23(5,6)7)14-10-9-11-20(21)22;1-6-18(5)15(13(3)4)8-9-19(7-2)11-14(12-20)16(21)10-17(18)19;1-14(2)15-8-10-18(13-20)9-6-5-7-16(18)17(15,3)11-12-19-4;1-5-10-17(4)15(14(2)3)9-12-18(13-19)11-7-6-8-16(17)18;1-5-16(4)14(13(2)3)9-11-17(12-18)10-7-6-8-15(16)17;5*2-1-3;;;;;;;;;;;;;;;;;;;;;;;;;;;;;;;;;;;;;;;;;;;;;;;;;;;;;;;;;;;;;;;;;;;;;;;;;;;;;;;;;;;;;;;;;;;;;;;;;;;;;;;;;;;;;;;;;;;;;;;;;;;;;;;;;;;;;;;;;;;;;;;;;;;;;;;;;;;;;;;/h16-17,19H,8-13H2,1-7H3;11,18-19H,8-10,12-15H2,1-7H3;2,10-11,13,15H,6,8-9H2,1,3-5H3;7,15,20H,1,5-6,8-13H2,2-3H3;8,14-15,19H,5-7,9-13H2,1-4H3;8,14,18H,2,5-7,9-12H2,1,3-4H3;;;;;;1H3;;157*1H/q;;;;;;;;;;;-1;;;;;;;;;;;;;;;;;;;;;;;;;;;;;;;;;;;;;;;;;;;;;;;;;;;;;;;;;;;;;;;;;;;;;;;;;;;;;;;;;;;;;;;;;;;;;;;;;;;;;;;;;;;;;;;;;;;;;;;;;;;;;;;;;;;;;;;;;;;;;;;;;;;;;;;;;;;;;;/t2*19-,21-,22+;15-,18-,19-;2*15-,17-,18+;14-,16-,17+;;;;;;;;;;;;;;;;;;;;;;;;;;;;;;;;;;;;;;;;;;;;;;;;;;;;;;;;;;;;;;;;;;;;;;;;;;;;;;;;;;;;;;;;;;;;;;;;;;;;;;;;;;;;;;;;;;;;;;;;;;;;;;;;;;;;;;;;;;;;;;;;;;;;;;;;;;;;;;;;;;;;/m000000..................................................................................................................................................................../s1/i;;;;;;;;;;;;;154*1+1D;3*1+1. The van der Waals surface area contributed by atoms with E-state index in [1.165, 1.54) is 164 Å². The Bertz CT molecular complexity index is 5170. The fourth-order valence-corrected chi connectivity index (χ4v) is 30.5. The molecule has 142 heavy (non-hydrogen) atoms. The van der Waals surface area contributed by atoms with E-state index in [0.29, 0.717) is 78.3 Å². The van der Waals surface area contributed by atoms with Crippen LogP contribution in [-0.2, 0) is 78.0 Å². The summed E-state index contributed by atoms with van der Waals surface area (Å²) in [6.45, 7) is 80.1. The molecule has 0 aromatic rings. The number of carbonyl (C=O) groups is 2. The first-order valence-corrected chi connectivity index (χ1v) is 60.1. The summed E-state index contributed by atoms with van der Waals surface area (Å²) in [4.78, 5) is 109. The van der Waals surface area contributed by atoms with Gasteiger partial charge in [0.2, 0.25) is 6.54 Å². The predicted octanol–water partition coefficient (Wildman–Crippen LogP) is 66.9. The maximum Gasteiger partial charge on any atom is 0.373 e. The summed E-state index contributed by atoms with van der Waals surface area (Å²) >= 11 is 0. The van der Waals surface area contributed by atoms with E-state index in [1.807, 2.05) is 12.1 Å². The summed E-state index contributed by atoms with van der Waals surface area (Å²) in [7, 11) is -2.73. The number of carbonyl (C=O) groups excluding carboxylic acids is 12. The van der Waals surface area contributed by atoms with Crippen LogP contribution < -0.4 is 0 Å². The first-order valence-electron chi connectivity index (χ1n) is 207. The van der Waals surface area contributed by atoms with Gasteiger partial charge in [-0.2, -0.15) is 53.2 Å². The fraction of sp³-hybridized carbons (Fsp3) is 0.721. The van der Waals surface area contributed by atoms with E-state index in [4.69, 9.17) is 524 Å². The zero-order valence-electron chi connectivity index (χ0n) is 401. The minimum absolute atomic E-state index is 0. The van der Waals surface area contributed by atoms with Crippen LogP contribution in [0.3, 0.4) is 0 Å². The molecule has 0 unspecified atom stereocenters. The van der Waals surface area contributed by atoms with Gasteiger partial charge in [-0.05, 0) is 328 Å². The van der Waals surface area contributed by atoms with Gasteiger partial charge in [0.15, 0.2) is 11.6 Å². The summed E-state index contributed by atoms with van der Waals surface area (Å²) < 4.78 is 1540. The third-order valence-electron chi connectivity index (χ3n) is 35.5. The Kier molecular flexibility index (Phi) is 12.3. The molecule has 12 aliphatic carbocycles. The summed E-state index contributed by atoms with van der Waals surface area (Å²) in [5, 5.41) is 39.2. The fourth-order valence-electron chi connectivity index (χ4n) is 29.3. The van der Waals surface area contributed by atoms with E-state index in [-0.39, 0.29) is 130 Å². The molecule has 6 saturated carbocycles. The summed E-state index contributed by atoms with van der Waals surface area (Å²) in [6.07, 6.45) is 63.1. The average molecular weight is 2710 g/mol. The Hall–Kier alpha value is -7.46. The number of rotatable bonds is 19. The van der Waals surface area contributed by atoms with E-state index < -0.39 is 21.6 Å². The van der Waals surface area contributed by atoms with Crippen molar-refractivity contribution in [1.82, 2.24) is 0 Å². The number of nitriles is 1. The molecule has 0 radical (unpaired) electrons. The third-order valence-corrected chi connectivity index (χ3v) is 37.2. The van der Waals surface area contributed by atoms with Crippen LogP contribution in [0, 0.1) is 185 Å². The Labute approximate surface area is 1360 Å². The van der Waals surface area contributed by atoms with Crippen LogP contribution in [0.4, 0.5) is 0 Å². The van der Waals surface area contributed by atoms with E-state index in [1.54, 1.807) is 28.9 Å². The zero-order chi connectivity index (χ0) is 415. The average Bonchev–Trinajstić information content (AvgIpc) is 0.712. The van der Waals surface area contributed by atoms with Crippen molar-refractivity contribution < 1.29 is 555 Å². The second-order valence-corrected chi connectivity index (χ2v) is 57.2. The number of ketones is 2. The summed E-state index contributed by atoms with van der Waals surface area (Å²) in [5.74, 6) is 17.2. The minimum Gasteiger partial charge on any atom is -0.395 e. The van der Waals surface area contributed by atoms with Gasteiger partial charge in [0.1, 0.15) is 22.2 Å². The predicted molar refractivity (Wildman–Crippen MR) is 902 cm³/mol. The Morgan fingerprint density at radius 1 is 0.465 bits per heavy atom. The first-order chi connectivity index (χ1) is 220. The van der Waals surface area contributed by atoms with Crippen LogP contribution in [0.15, 0.2) is 106 Å². The number of aliphatic hydroxyl groups excluding tert-OH is 3. The molecule has 18 atom stereocenters. The van der Waals surface area contributed by atoms with Crippen molar-refractivity contribution in [1.29, 1.82) is 5.26 Å². The molecule has 0 spiro atoms. The molecular formula is C122H501N2O15PdSi2-. The number of hydrogen-bond donors (Lipinski definition) is 3. The molecule has 3 N–H and O–H groups in total. The molecular weight excluding hydrogens is 1900 g/mol. The second kappa shape index (κ2) is 60.1. The van der Waals surface area contributed by atoms with E-state index >= 15 is 0 Å². The van der Waals surface area contributed by atoms with Crippen molar-refractivity contribution in [3.8, 4) is 41.3 Å². The first kappa shape index (κ1) is 29.0. The molecule has 0 aromatic heterocycles. The molecule has 6 fully saturated rings. The van der Waals surface area contributed by atoms with Gasteiger partial charge in [-0.1, -0.05) is 273 Å². The molecule has 0 saturated heterocycles. The monoisotopic (exact) mass is 2710 g/mol. The second-order valence-electron chi connectivity index (χ2n) is 47.7. The van der Waals surface area contributed by atoms with E-state index in [2.05, 4.69) is 256 Å². The number of aliphatic hydroxyl groups is 3. The maximum absolute atomic E-state index is 12.3. The number of terminal acetylenes is 1. The van der Waals surface area contributed by atoms with E-state index in [0.717, 1.165) is 106 Å². The van der Waals surface area contributed by atoms with Gasteiger partial charge in [-0.3, -0.25) is 9.59 Å². The van der Waals surface area contributed by atoms with Crippen molar-refractivity contribution in [3.05, 3.63) is 125 Å². The number of allylic oxidation sites excluding steroid dienone is 13. The van der Waals surface area contributed by atoms with Crippen LogP contribution in [0.25, 0.3) is 4.85 Å². The Balaban J connectivity index is -0.0000000126. The number of hydrogen-bond acceptors (Lipinski definition) is 16.